The van der Waals surface area contributed by atoms with Gasteiger partial charge in [-0.3, -0.25) is 4.40 Å². The zero-order valence-electron chi connectivity index (χ0n) is 14.8. The Labute approximate surface area is 147 Å². The first-order valence-electron chi connectivity index (χ1n) is 8.63. The summed E-state index contributed by atoms with van der Waals surface area (Å²) >= 11 is 0. The molecule has 0 radical (unpaired) electrons. The van der Waals surface area contributed by atoms with Gasteiger partial charge in [0.05, 0.1) is 5.69 Å². The molecule has 7 nitrogen and oxygen atoms in total. The molecule has 0 atom stereocenters. The number of anilines is 2. The Balaban J connectivity index is 1.32. The van der Waals surface area contributed by atoms with Crippen LogP contribution in [-0.2, 0) is 5.41 Å². The van der Waals surface area contributed by atoms with E-state index < -0.39 is 0 Å². The number of aromatic nitrogens is 5. The average Bonchev–Trinajstić information content (AvgIpc) is 2.96. The third-order valence-corrected chi connectivity index (χ3v) is 4.56. The van der Waals surface area contributed by atoms with Crippen molar-refractivity contribution in [2.24, 2.45) is 5.92 Å². The molecule has 7 heteroatoms. The van der Waals surface area contributed by atoms with Gasteiger partial charge in [0.25, 0.3) is 0 Å². The molecule has 25 heavy (non-hydrogen) atoms. The standard InChI is InChI=1S/C18H23N7/c1-18(2,3)14-7-8-15(21-20-14)24-11-13(12-24)10-19-17-23-22-16-6-4-5-9-25(16)17/h4-9,13H,10-12H2,1-3H3,(H,19,23). The zero-order chi connectivity index (χ0) is 17.4. The lowest BCUT2D eigenvalue weighted by atomic mass is 9.92. The third-order valence-electron chi connectivity index (χ3n) is 4.56. The maximum Gasteiger partial charge on any atom is 0.229 e. The van der Waals surface area contributed by atoms with Crippen LogP contribution >= 0.6 is 0 Å². The van der Waals surface area contributed by atoms with E-state index in [-0.39, 0.29) is 5.41 Å². The van der Waals surface area contributed by atoms with Crippen LogP contribution in [0.2, 0.25) is 0 Å². The fourth-order valence-electron chi connectivity index (χ4n) is 2.98. The van der Waals surface area contributed by atoms with Crippen LogP contribution < -0.4 is 10.2 Å². The van der Waals surface area contributed by atoms with E-state index in [1.807, 2.05) is 28.8 Å². The number of rotatable bonds is 4. The van der Waals surface area contributed by atoms with E-state index in [9.17, 15) is 0 Å². The van der Waals surface area contributed by atoms with Crippen LogP contribution in [-0.4, -0.2) is 44.4 Å². The second kappa shape index (κ2) is 5.98. The van der Waals surface area contributed by atoms with E-state index in [0.717, 1.165) is 42.7 Å². The number of nitrogens with zero attached hydrogens (tertiary/aromatic N) is 6. The first-order chi connectivity index (χ1) is 12.0. The van der Waals surface area contributed by atoms with Crippen LogP contribution in [0.5, 0.6) is 0 Å². The van der Waals surface area contributed by atoms with Crippen molar-refractivity contribution < 1.29 is 0 Å². The number of fused-ring (bicyclic) bond motifs is 1. The Morgan fingerprint density at radius 2 is 1.88 bits per heavy atom. The molecular formula is C18H23N7. The lowest BCUT2D eigenvalue weighted by molar-refractivity contribution is 0.423. The first kappa shape index (κ1) is 15.8. The van der Waals surface area contributed by atoms with Crippen LogP contribution in [0.15, 0.2) is 36.5 Å². The fraction of sp³-hybridized carbons (Fsp3) is 0.444. The van der Waals surface area contributed by atoms with Crippen molar-refractivity contribution in [2.75, 3.05) is 29.9 Å². The van der Waals surface area contributed by atoms with Crippen LogP contribution in [0.4, 0.5) is 11.8 Å². The van der Waals surface area contributed by atoms with Gasteiger partial charge in [0.15, 0.2) is 11.5 Å². The molecular weight excluding hydrogens is 314 g/mol. The third kappa shape index (κ3) is 3.14. The molecule has 1 saturated heterocycles. The van der Waals surface area contributed by atoms with Crippen molar-refractivity contribution in [2.45, 2.75) is 26.2 Å². The summed E-state index contributed by atoms with van der Waals surface area (Å²) in [6.45, 7) is 9.28. The SMILES string of the molecule is CC(C)(C)c1ccc(N2CC(CNc3nnc4ccccn34)C2)nn1. The summed E-state index contributed by atoms with van der Waals surface area (Å²) in [7, 11) is 0. The average molecular weight is 337 g/mol. The highest BCUT2D eigenvalue weighted by Gasteiger charge is 2.28. The summed E-state index contributed by atoms with van der Waals surface area (Å²) < 4.78 is 1.97. The minimum absolute atomic E-state index is 0.0357. The van der Waals surface area contributed by atoms with E-state index in [4.69, 9.17) is 0 Å². The number of pyridine rings is 1. The number of hydrogen-bond donors (Lipinski definition) is 1. The summed E-state index contributed by atoms with van der Waals surface area (Å²) in [6.07, 6.45) is 1.97. The molecule has 0 bridgehead atoms. The topological polar surface area (TPSA) is 71.2 Å². The summed E-state index contributed by atoms with van der Waals surface area (Å²) in [4.78, 5) is 2.26. The molecule has 1 aliphatic rings. The molecule has 4 rings (SSSR count). The normalized spacial score (nSPS) is 15.4. The van der Waals surface area contributed by atoms with Gasteiger partial charge < -0.3 is 10.2 Å². The van der Waals surface area contributed by atoms with Gasteiger partial charge in [0.1, 0.15) is 0 Å². The van der Waals surface area contributed by atoms with E-state index in [1.165, 1.54) is 0 Å². The zero-order valence-corrected chi connectivity index (χ0v) is 14.8. The first-order valence-corrected chi connectivity index (χ1v) is 8.63. The lowest BCUT2D eigenvalue weighted by Crippen LogP contribution is -2.50. The molecule has 3 aromatic rings. The largest absolute Gasteiger partial charge is 0.354 e. The molecule has 3 aromatic heterocycles. The lowest BCUT2D eigenvalue weighted by Gasteiger charge is -2.40. The Hall–Kier alpha value is -2.70. The monoisotopic (exact) mass is 337 g/mol. The highest BCUT2D eigenvalue weighted by molar-refractivity contribution is 5.45. The van der Waals surface area contributed by atoms with E-state index in [1.54, 1.807) is 0 Å². The summed E-state index contributed by atoms with van der Waals surface area (Å²) in [6, 6.07) is 10.0. The summed E-state index contributed by atoms with van der Waals surface area (Å²) in [5, 5.41) is 20.5. The van der Waals surface area contributed by atoms with Crippen molar-refractivity contribution in [1.29, 1.82) is 0 Å². The Morgan fingerprint density at radius 3 is 2.60 bits per heavy atom. The Morgan fingerprint density at radius 1 is 1.04 bits per heavy atom. The minimum atomic E-state index is 0.0357. The van der Waals surface area contributed by atoms with Crippen LogP contribution in [0.25, 0.3) is 5.65 Å². The quantitative estimate of drug-likeness (QED) is 0.788. The molecule has 1 N–H and O–H groups in total. The summed E-state index contributed by atoms with van der Waals surface area (Å²) in [5.74, 6) is 2.32. The van der Waals surface area contributed by atoms with Gasteiger partial charge in [0, 0.05) is 37.2 Å². The molecule has 130 valence electrons. The fourth-order valence-corrected chi connectivity index (χ4v) is 2.98. The second-order valence-corrected chi connectivity index (χ2v) is 7.63. The summed E-state index contributed by atoms with van der Waals surface area (Å²) in [5.41, 5.74) is 1.91. The van der Waals surface area contributed by atoms with Crippen LogP contribution in [0.3, 0.4) is 0 Å². The van der Waals surface area contributed by atoms with Gasteiger partial charge in [0.2, 0.25) is 5.95 Å². The molecule has 0 amide bonds. The van der Waals surface area contributed by atoms with Gasteiger partial charge in [-0.2, -0.15) is 5.10 Å². The predicted molar refractivity (Wildman–Crippen MR) is 97.9 cm³/mol. The Bertz CT molecular complexity index is 857. The highest BCUT2D eigenvalue weighted by Crippen LogP contribution is 2.25. The van der Waals surface area contributed by atoms with E-state index >= 15 is 0 Å². The molecule has 4 heterocycles. The molecule has 0 aromatic carbocycles. The van der Waals surface area contributed by atoms with Crippen molar-refractivity contribution in [3.05, 3.63) is 42.2 Å². The van der Waals surface area contributed by atoms with Crippen molar-refractivity contribution in [3.63, 3.8) is 0 Å². The van der Waals surface area contributed by atoms with Gasteiger partial charge in [-0.25, -0.2) is 0 Å². The maximum atomic E-state index is 4.38. The molecule has 0 saturated carbocycles. The highest BCUT2D eigenvalue weighted by atomic mass is 15.3. The molecule has 0 spiro atoms. The molecule has 1 aliphatic heterocycles. The predicted octanol–water partition coefficient (Wildman–Crippen LogP) is 2.37. The molecule has 0 aliphatic carbocycles. The smallest absolute Gasteiger partial charge is 0.229 e. The second-order valence-electron chi connectivity index (χ2n) is 7.63. The molecule has 1 fully saturated rings. The van der Waals surface area contributed by atoms with Crippen molar-refractivity contribution in [3.8, 4) is 0 Å². The van der Waals surface area contributed by atoms with Crippen LogP contribution in [0.1, 0.15) is 26.5 Å². The van der Waals surface area contributed by atoms with Gasteiger partial charge in [-0.1, -0.05) is 26.8 Å². The van der Waals surface area contributed by atoms with Crippen molar-refractivity contribution >= 4 is 17.4 Å². The molecule has 0 unspecified atom stereocenters. The van der Waals surface area contributed by atoms with Crippen LogP contribution in [0, 0.1) is 5.92 Å². The number of nitrogens with one attached hydrogen (secondary N) is 1. The Kier molecular flexibility index (Phi) is 3.78. The van der Waals surface area contributed by atoms with Gasteiger partial charge in [-0.15, -0.1) is 15.3 Å². The minimum Gasteiger partial charge on any atom is -0.354 e. The maximum absolute atomic E-state index is 4.38. The van der Waals surface area contributed by atoms with Crippen molar-refractivity contribution in [1.82, 2.24) is 24.8 Å². The number of hydrogen-bond acceptors (Lipinski definition) is 6. The van der Waals surface area contributed by atoms with Gasteiger partial charge >= 0.3 is 0 Å². The van der Waals surface area contributed by atoms with Gasteiger partial charge in [-0.05, 0) is 24.3 Å². The van der Waals surface area contributed by atoms with E-state index in [0.29, 0.717) is 5.92 Å². The van der Waals surface area contributed by atoms with E-state index in [2.05, 4.69) is 63.5 Å².